The Morgan fingerprint density at radius 1 is 1.09 bits per heavy atom. The monoisotopic (exact) mass is 300 g/mol. The summed E-state index contributed by atoms with van der Waals surface area (Å²) in [6.07, 6.45) is 7.91. The van der Waals surface area contributed by atoms with Gasteiger partial charge in [-0.25, -0.2) is 0 Å². The van der Waals surface area contributed by atoms with Gasteiger partial charge in [0.1, 0.15) is 0 Å². The molecule has 2 aliphatic rings. The van der Waals surface area contributed by atoms with Crippen LogP contribution in [0, 0.1) is 5.92 Å². The van der Waals surface area contributed by atoms with Gasteiger partial charge in [0, 0.05) is 31.7 Å². The molecule has 0 radical (unpaired) electrons. The number of benzene rings is 1. The number of carbonyl (C=O) groups excluding carboxylic acids is 1. The van der Waals surface area contributed by atoms with E-state index in [1.807, 2.05) is 17.0 Å². The fraction of sp³-hybridized carbons (Fsp3) is 0.632. The Hall–Kier alpha value is -1.35. The maximum Gasteiger partial charge on any atom is 0.253 e. The molecule has 0 spiro atoms. The summed E-state index contributed by atoms with van der Waals surface area (Å²) in [5.74, 6) is 1.09. The lowest BCUT2D eigenvalue weighted by Gasteiger charge is -2.21. The van der Waals surface area contributed by atoms with Crippen LogP contribution in [0.25, 0.3) is 0 Å². The summed E-state index contributed by atoms with van der Waals surface area (Å²) in [7, 11) is 2.21. The summed E-state index contributed by atoms with van der Waals surface area (Å²) >= 11 is 0. The second-order valence-corrected chi connectivity index (χ2v) is 7.04. The highest BCUT2D eigenvalue weighted by Crippen LogP contribution is 2.25. The Labute approximate surface area is 134 Å². The van der Waals surface area contributed by atoms with Crippen molar-refractivity contribution in [2.45, 2.75) is 45.1 Å². The largest absolute Gasteiger partial charge is 0.339 e. The Balaban J connectivity index is 1.53. The average Bonchev–Trinajstić information content (AvgIpc) is 3.20. The third-order valence-electron chi connectivity index (χ3n) is 5.09. The van der Waals surface area contributed by atoms with Crippen LogP contribution in [0.4, 0.5) is 0 Å². The van der Waals surface area contributed by atoms with Crippen molar-refractivity contribution < 1.29 is 4.79 Å². The first-order valence-corrected chi connectivity index (χ1v) is 8.79. The predicted molar refractivity (Wildman–Crippen MR) is 89.9 cm³/mol. The SMILES string of the molecule is CN(Cc1ccc(C(=O)N2CCCC2)cc1)CC1CCCC1. The van der Waals surface area contributed by atoms with E-state index < -0.39 is 0 Å². The van der Waals surface area contributed by atoms with Gasteiger partial charge in [-0.05, 0) is 56.3 Å². The highest BCUT2D eigenvalue weighted by Gasteiger charge is 2.19. The van der Waals surface area contributed by atoms with Crippen LogP contribution in [0.5, 0.6) is 0 Å². The van der Waals surface area contributed by atoms with Crippen molar-refractivity contribution in [2.75, 3.05) is 26.7 Å². The van der Waals surface area contributed by atoms with E-state index in [0.717, 1.165) is 44.0 Å². The molecule has 1 saturated carbocycles. The lowest BCUT2D eigenvalue weighted by molar-refractivity contribution is 0.0793. The Kier molecular flexibility index (Phi) is 5.14. The van der Waals surface area contributed by atoms with Crippen LogP contribution in [0.15, 0.2) is 24.3 Å². The normalized spacial score (nSPS) is 19.3. The zero-order valence-electron chi connectivity index (χ0n) is 13.8. The second kappa shape index (κ2) is 7.28. The molecule has 0 N–H and O–H groups in total. The average molecular weight is 300 g/mol. The van der Waals surface area contributed by atoms with Crippen LogP contribution in [0.2, 0.25) is 0 Å². The number of carbonyl (C=O) groups is 1. The van der Waals surface area contributed by atoms with Crippen molar-refractivity contribution in [2.24, 2.45) is 5.92 Å². The molecule has 1 heterocycles. The molecule has 1 aromatic rings. The number of rotatable bonds is 5. The van der Waals surface area contributed by atoms with Gasteiger partial charge in [-0.15, -0.1) is 0 Å². The number of hydrogen-bond acceptors (Lipinski definition) is 2. The number of nitrogens with zero attached hydrogens (tertiary/aromatic N) is 2. The molecule has 0 aromatic heterocycles. The molecular weight excluding hydrogens is 272 g/mol. The van der Waals surface area contributed by atoms with Crippen molar-refractivity contribution in [3.05, 3.63) is 35.4 Å². The quantitative estimate of drug-likeness (QED) is 0.830. The lowest BCUT2D eigenvalue weighted by atomic mass is 10.1. The number of hydrogen-bond donors (Lipinski definition) is 0. The van der Waals surface area contributed by atoms with Crippen molar-refractivity contribution in [1.82, 2.24) is 9.80 Å². The van der Waals surface area contributed by atoms with E-state index in [2.05, 4.69) is 24.1 Å². The van der Waals surface area contributed by atoms with E-state index in [9.17, 15) is 4.79 Å². The van der Waals surface area contributed by atoms with Crippen molar-refractivity contribution in [1.29, 1.82) is 0 Å². The van der Waals surface area contributed by atoms with E-state index in [0.29, 0.717) is 0 Å². The first kappa shape index (κ1) is 15.5. The summed E-state index contributed by atoms with van der Waals surface area (Å²) in [4.78, 5) is 16.7. The number of amides is 1. The Morgan fingerprint density at radius 3 is 2.36 bits per heavy atom. The summed E-state index contributed by atoms with van der Waals surface area (Å²) in [5.41, 5.74) is 2.14. The minimum atomic E-state index is 0.198. The summed E-state index contributed by atoms with van der Waals surface area (Å²) in [6.45, 7) is 4.03. The van der Waals surface area contributed by atoms with Gasteiger partial charge < -0.3 is 9.80 Å². The molecule has 1 amide bonds. The summed E-state index contributed by atoms with van der Waals surface area (Å²) in [5, 5.41) is 0. The standard InChI is InChI=1S/C19H28N2O/c1-20(14-16-6-2-3-7-16)15-17-8-10-18(11-9-17)19(22)21-12-4-5-13-21/h8-11,16H,2-7,12-15H2,1H3. The first-order chi connectivity index (χ1) is 10.7. The van der Waals surface area contributed by atoms with Crippen LogP contribution < -0.4 is 0 Å². The van der Waals surface area contributed by atoms with Crippen LogP contribution in [0.1, 0.15) is 54.4 Å². The van der Waals surface area contributed by atoms with Crippen LogP contribution >= 0.6 is 0 Å². The molecule has 3 nitrogen and oxygen atoms in total. The third-order valence-corrected chi connectivity index (χ3v) is 5.09. The molecule has 3 rings (SSSR count). The van der Waals surface area contributed by atoms with E-state index in [1.54, 1.807) is 0 Å². The molecule has 1 aliphatic heterocycles. The Morgan fingerprint density at radius 2 is 1.73 bits per heavy atom. The molecule has 22 heavy (non-hydrogen) atoms. The second-order valence-electron chi connectivity index (χ2n) is 7.04. The fourth-order valence-electron chi connectivity index (χ4n) is 3.87. The van der Waals surface area contributed by atoms with Crippen LogP contribution in [0.3, 0.4) is 0 Å². The van der Waals surface area contributed by atoms with Gasteiger partial charge in [0.2, 0.25) is 0 Å². The molecule has 0 bridgehead atoms. The van der Waals surface area contributed by atoms with Crippen molar-refractivity contribution in [3.8, 4) is 0 Å². The minimum Gasteiger partial charge on any atom is -0.339 e. The van der Waals surface area contributed by atoms with E-state index in [4.69, 9.17) is 0 Å². The molecule has 120 valence electrons. The Bertz CT molecular complexity index is 485. The molecule has 3 heteroatoms. The van der Waals surface area contributed by atoms with Crippen LogP contribution in [-0.4, -0.2) is 42.4 Å². The molecule has 1 aliphatic carbocycles. The van der Waals surface area contributed by atoms with Crippen LogP contribution in [-0.2, 0) is 6.54 Å². The van der Waals surface area contributed by atoms with Gasteiger partial charge in [0.05, 0.1) is 0 Å². The highest BCUT2D eigenvalue weighted by molar-refractivity contribution is 5.94. The van der Waals surface area contributed by atoms with E-state index >= 15 is 0 Å². The molecule has 1 aromatic carbocycles. The molecule has 1 saturated heterocycles. The summed E-state index contributed by atoms with van der Waals surface area (Å²) < 4.78 is 0. The smallest absolute Gasteiger partial charge is 0.253 e. The van der Waals surface area contributed by atoms with Gasteiger partial charge in [-0.3, -0.25) is 4.79 Å². The third kappa shape index (κ3) is 3.89. The van der Waals surface area contributed by atoms with Gasteiger partial charge in [0.15, 0.2) is 0 Å². The predicted octanol–water partition coefficient (Wildman–Crippen LogP) is 3.54. The molecular formula is C19H28N2O. The zero-order valence-corrected chi connectivity index (χ0v) is 13.8. The fourth-order valence-corrected chi connectivity index (χ4v) is 3.87. The van der Waals surface area contributed by atoms with E-state index in [-0.39, 0.29) is 5.91 Å². The highest BCUT2D eigenvalue weighted by atomic mass is 16.2. The maximum atomic E-state index is 12.3. The first-order valence-electron chi connectivity index (χ1n) is 8.79. The minimum absolute atomic E-state index is 0.198. The van der Waals surface area contributed by atoms with Crippen molar-refractivity contribution in [3.63, 3.8) is 0 Å². The molecule has 0 atom stereocenters. The zero-order chi connectivity index (χ0) is 15.4. The van der Waals surface area contributed by atoms with Gasteiger partial charge >= 0.3 is 0 Å². The number of likely N-dealkylation sites (tertiary alicyclic amines) is 1. The molecule has 2 fully saturated rings. The summed E-state index contributed by atoms with van der Waals surface area (Å²) in [6, 6.07) is 8.24. The van der Waals surface area contributed by atoms with Gasteiger partial charge in [-0.2, -0.15) is 0 Å². The lowest BCUT2D eigenvalue weighted by Crippen LogP contribution is -2.27. The van der Waals surface area contributed by atoms with Gasteiger partial charge in [0.25, 0.3) is 5.91 Å². The van der Waals surface area contributed by atoms with Crippen molar-refractivity contribution >= 4 is 5.91 Å². The molecule has 0 unspecified atom stereocenters. The maximum absolute atomic E-state index is 12.3. The van der Waals surface area contributed by atoms with Gasteiger partial charge in [-0.1, -0.05) is 25.0 Å². The van der Waals surface area contributed by atoms with E-state index in [1.165, 1.54) is 37.8 Å². The topological polar surface area (TPSA) is 23.6 Å².